The molecule has 0 fully saturated rings. The molecule has 0 bridgehead atoms. The average molecular weight is 435 g/mol. The highest BCUT2D eigenvalue weighted by atomic mass is 79.9. The van der Waals surface area contributed by atoms with Gasteiger partial charge in [0.05, 0.1) is 11.6 Å². The van der Waals surface area contributed by atoms with E-state index in [2.05, 4.69) is 30.6 Å². The topological polar surface area (TPSA) is 84.1 Å². The van der Waals surface area contributed by atoms with Gasteiger partial charge in [0.2, 0.25) is 5.95 Å². The summed E-state index contributed by atoms with van der Waals surface area (Å²) in [5.41, 5.74) is 0.560. The maximum absolute atomic E-state index is 13.6. The number of hydrogen-bond acceptors (Lipinski definition) is 4. The summed E-state index contributed by atoms with van der Waals surface area (Å²) < 4.78 is 46.2. The summed E-state index contributed by atoms with van der Waals surface area (Å²) in [5, 5.41) is 0.919. The van der Waals surface area contributed by atoms with Crippen LogP contribution >= 0.6 is 27.5 Å². The maximum atomic E-state index is 13.6. The molecule has 0 radical (unpaired) electrons. The fourth-order valence-corrected chi connectivity index (χ4v) is 3.82. The molecule has 24 heavy (non-hydrogen) atoms. The lowest BCUT2D eigenvalue weighted by Crippen LogP contribution is -2.15. The fraction of sp³-hybridized carbons (Fsp3) is 0.0714. The number of fused-ring (bicyclic) bond motifs is 1. The summed E-state index contributed by atoms with van der Waals surface area (Å²) in [6.45, 7) is 0. The van der Waals surface area contributed by atoms with Gasteiger partial charge < -0.3 is 9.72 Å². The van der Waals surface area contributed by atoms with Crippen molar-refractivity contribution in [2.24, 2.45) is 0 Å². The molecule has 0 saturated heterocycles. The van der Waals surface area contributed by atoms with E-state index in [9.17, 15) is 12.8 Å². The highest BCUT2D eigenvalue weighted by Crippen LogP contribution is 2.31. The highest BCUT2D eigenvalue weighted by molar-refractivity contribution is 9.10. The van der Waals surface area contributed by atoms with Gasteiger partial charge in [0.1, 0.15) is 4.90 Å². The molecule has 0 unspecified atom stereocenters. The quantitative estimate of drug-likeness (QED) is 0.610. The highest BCUT2D eigenvalue weighted by Gasteiger charge is 2.22. The van der Waals surface area contributed by atoms with E-state index >= 15 is 0 Å². The molecule has 1 aromatic carbocycles. The van der Waals surface area contributed by atoms with Crippen LogP contribution in [0.2, 0.25) is 5.02 Å². The first-order chi connectivity index (χ1) is 11.3. The van der Waals surface area contributed by atoms with Crippen LogP contribution in [0.25, 0.3) is 10.9 Å². The first-order valence-corrected chi connectivity index (χ1v) is 9.16. The number of rotatable bonds is 4. The fourth-order valence-electron chi connectivity index (χ4n) is 2.15. The van der Waals surface area contributed by atoms with E-state index in [1.54, 1.807) is 18.2 Å². The number of benzene rings is 1. The average Bonchev–Trinajstić information content (AvgIpc) is 2.94. The van der Waals surface area contributed by atoms with E-state index in [1.807, 2.05) is 0 Å². The van der Waals surface area contributed by atoms with Crippen molar-refractivity contribution in [3.63, 3.8) is 0 Å². The van der Waals surface area contributed by atoms with Gasteiger partial charge in [0, 0.05) is 28.2 Å². The van der Waals surface area contributed by atoms with Gasteiger partial charge in [-0.15, -0.1) is 0 Å². The number of aromatic amines is 1. The number of halogens is 3. The predicted molar refractivity (Wildman–Crippen MR) is 92.6 cm³/mol. The Balaban J connectivity index is 2.07. The number of hydrogen-bond donors (Lipinski definition) is 2. The Bertz CT molecular complexity index is 1040. The molecule has 6 nitrogen and oxygen atoms in total. The van der Waals surface area contributed by atoms with Crippen LogP contribution in [0.5, 0.6) is 5.75 Å². The number of aromatic nitrogens is 2. The first kappa shape index (κ1) is 17.0. The van der Waals surface area contributed by atoms with E-state index in [1.165, 1.54) is 19.4 Å². The minimum absolute atomic E-state index is 0.0126. The molecule has 2 aromatic heterocycles. The number of sulfonamides is 1. The second-order valence-electron chi connectivity index (χ2n) is 4.76. The van der Waals surface area contributed by atoms with Gasteiger partial charge in [-0.2, -0.15) is 9.37 Å². The lowest BCUT2D eigenvalue weighted by Gasteiger charge is -2.11. The Morgan fingerprint density at radius 2 is 2.12 bits per heavy atom. The molecule has 2 N–H and O–H groups in total. The Labute approximate surface area is 150 Å². The van der Waals surface area contributed by atoms with Crippen molar-refractivity contribution in [3.8, 4) is 5.75 Å². The number of H-pyrrole nitrogens is 1. The number of nitrogens with zero attached hydrogens (tertiary/aromatic N) is 1. The van der Waals surface area contributed by atoms with Crippen molar-refractivity contribution >= 4 is 54.3 Å². The van der Waals surface area contributed by atoms with Crippen LogP contribution in [0, 0.1) is 5.95 Å². The minimum Gasteiger partial charge on any atom is -0.493 e. The van der Waals surface area contributed by atoms with E-state index in [4.69, 9.17) is 16.3 Å². The standard InChI is InChI=1S/C14H10BrClFN3O3S/c1-23-11-5-9(15)13(17)19-14(11)20-24(21,22)12-6-18-10-4-7(16)2-3-8(10)12/h2-6,18H,1H3,(H,19,20). The Morgan fingerprint density at radius 3 is 2.83 bits per heavy atom. The Morgan fingerprint density at radius 1 is 1.38 bits per heavy atom. The first-order valence-electron chi connectivity index (χ1n) is 6.51. The number of nitrogens with one attached hydrogen (secondary N) is 2. The van der Waals surface area contributed by atoms with Crippen LogP contribution in [-0.2, 0) is 10.0 Å². The molecular weight excluding hydrogens is 425 g/mol. The van der Waals surface area contributed by atoms with Crippen LogP contribution in [0.4, 0.5) is 10.2 Å². The Hall–Kier alpha value is -1.84. The van der Waals surface area contributed by atoms with Gasteiger partial charge in [-0.25, -0.2) is 8.42 Å². The zero-order valence-corrected chi connectivity index (χ0v) is 15.3. The van der Waals surface area contributed by atoms with Gasteiger partial charge in [-0.3, -0.25) is 4.72 Å². The van der Waals surface area contributed by atoms with Crippen LogP contribution < -0.4 is 9.46 Å². The summed E-state index contributed by atoms with van der Waals surface area (Å²) in [6.07, 6.45) is 1.32. The summed E-state index contributed by atoms with van der Waals surface area (Å²) in [7, 11) is -2.69. The van der Waals surface area contributed by atoms with Gasteiger partial charge in [-0.05, 0) is 34.1 Å². The van der Waals surface area contributed by atoms with E-state index < -0.39 is 16.0 Å². The zero-order chi connectivity index (χ0) is 17.5. The molecule has 126 valence electrons. The smallest absolute Gasteiger partial charge is 0.265 e. The number of anilines is 1. The monoisotopic (exact) mass is 433 g/mol. The van der Waals surface area contributed by atoms with Gasteiger partial charge in [0.15, 0.2) is 11.6 Å². The summed E-state index contributed by atoms with van der Waals surface area (Å²) in [4.78, 5) is 6.39. The zero-order valence-electron chi connectivity index (χ0n) is 12.1. The van der Waals surface area contributed by atoms with Crippen molar-refractivity contribution < 1.29 is 17.5 Å². The molecule has 10 heteroatoms. The van der Waals surface area contributed by atoms with Crippen LogP contribution in [0.1, 0.15) is 0 Å². The van der Waals surface area contributed by atoms with Crippen molar-refractivity contribution in [1.82, 2.24) is 9.97 Å². The summed E-state index contributed by atoms with van der Waals surface area (Å²) in [6, 6.07) is 6.05. The molecule has 3 aromatic rings. The molecule has 0 aliphatic rings. The number of ether oxygens (including phenoxy) is 1. The number of pyridine rings is 1. The minimum atomic E-state index is -4.02. The summed E-state index contributed by atoms with van der Waals surface area (Å²) >= 11 is 8.85. The third-order valence-electron chi connectivity index (χ3n) is 3.24. The molecule has 0 spiro atoms. The van der Waals surface area contributed by atoms with E-state index in [0.717, 1.165) is 0 Å². The molecule has 0 aliphatic heterocycles. The van der Waals surface area contributed by atoms with E-state index in [-0.39, 0.29) is 20.9 Å². The lowest BCUT2D eigenvalue weighted by molar-refractivity contribution is 0.412. The molecular formula is C14H10BrClFN3O3S. The van der Waals surface area contributed by atoms with Gasteiger partial charge >= 0.3 is 0 Å². The maximum Gasteiger partial charge on any atom is 0.265 e. The van der Waals surface area contributed by atoms with Crippen molar-refractivity contribution in [1.29, 1.82) is 0 Å². The Kier molecular flexibility index (Phi) is 4.41. The third kappa shape index (κ3) is 3.06. The van der Waals surface area contributed by atoms with Crippen molar-refractivity contribution in [2.45, 2.75) is 4.90 Å². The summed E-state index contributed by atoms with van der Waals surface area (Å²) in [5.74, 6) is -1.03. The second-order valence-corrected chi connectivity index (χ2v) is 7.70. The third-order valence-corrected chi connectivity index (χ3v) is 5.41. The largest absolute Gasteiger partial charge is 0.493 e. The van der Waals surface area contributed by atoms with Crippen LogP contribution in [0.3, 0.4) is 0 Å². The molecule has 3 rings (SSSR count). The lowest BCUT2D eigenvalue weighted by atomic mass is 10.2. The molecule has 0 aliphatic carbocycles. The normalized spacial score (nSPS) is 11.7. The van der Waals surface area contributed by atoms with Crippen molar-refractivity contribution in [3.05, 3.63) is 45.9 Å². The van der Waals surface area contributed by atoms with E-state index in [0.29, 0.717) is 15.9 Å². The van der Waals surface area contributed by atoms with Crippen LogP contribution in [-0.4, -0.2) is 25.5 Å². The second kappa shape index (κ2) is 6.23. The van der Waals surface area contributed by atoms with Gasteiger partial charge in [-0.1, -0.05) is 11.6 Å². The molecule has 0 amide bonds. The molecule has 0 atom stereocenters. The van der Waals surface area contributed by atoms with Crippen molar-refractivity contribution in [2.75, 3.05) is 11.8 Å². The SMILES string of the molecule is COc1cc(Br)c(F)nc1NS(=O)(=O)c1c[nH]c2cc(Cl)ccc12. The number of methoxy groups -OCH3 is 1. The molecule has 2 heterocycles. The van der Waals surface area contributed by atoms with Crippen LogP contribution in [0.15, 0.2) is 39.8 Å². The van der Waals surface area contributed by atoms with Gasteiger partial charge in [0.25, 0.3) is 10.0 Å². The predicted octanol–water partition coefficient (Wildman–Crippen LogP) is 3.93. The molecule has 0 saturated carbocycles.